The predicted molar refractivity (Wildman–Crippen MR) is 212 cm³/mol. The summed E-state index contributed by atoms with van der Waals surface area (Å²) in [4.78, 5) is 14.9. The first kappa shape index (κ1) is 23.7. The molecule has 0 aliphatic heterocycles. The lowest BCUT2D eigenvalue weighted by Gasteiger charge is -2.14. The van der Waals surface area contributed by atoms with Gasteiger partial charge in [-0.25, -0.2) is 4.98 Å². The molecule has 0 amide bonds. The molecule has 0 saturated heterocycles. The number of fused-ring (bicyclic) bond motifs is 10. The molecule has 0 unspecified atom stereocenters. The van der Waals surface area contributed by atoms with E-state index in [0.29, 0.717) is 11.4 Å². The van der Waals surface area contributed by atoms with Gasteiger partial charge in [0.05, 0.1) is 34.6 Å². The second-order valence-electron chi connectivity index (χ2n) is 12.5. The van der Waals surface area contributed by atoms with Crippen molar-refractivity contribution in [3.05, 3.63) is 164 Å². The Kier molecular flexibility index (Phi) is 5.08. The summed E-state index contributed by atoms with van der Waals surface area (Å²) in [6.45, 7) is 0. The van der Waals surface area contributed by atoms with Crippen molar-refractivity contribution in [2.75, 3.05) is 0 Å². The van der Waals surface area contributed by atoms with Crippen LogP contribution in [0.5, 0.6) is 0 Å². The van der Waals surface area contributed by atoms with Gasteiger partial charge in [-0.15, -0.1) is 11.3 Å². The van der Waals surface area contributed by atoms with Crippen LogP contribution in [0.2, 0.25) is 0 Å². The van der Waals surface area contributed by atoms with Gasteiger partial charge in [0.15, 0.2) is 11.6 Å². The molecule has 0 aliphatic rings. The maximum atomic E-state index is 8.88. The molecular weight excluding hydrogens is 643 g/mol. The molecule has 0 N–H and O–H groups in total. The summed E-state index contributed by atoms with van der Waals surface area (Å²) in [5, 5.41) is 6.49. The Morgan fingerprint density at radius 3 is 1.78 bits per heavy atom. The summed E-state index contributed by atoms with van der Waals surface area (Å²) in [6.07, 6.45) is 0. The van der Waals surface area contributed by atoms with Gasteiger partial charge in [-0.05, 0) is 30.3 Å². The second-order valence-corrected chi connectivity index (χ2v) is 13.5. The van der Waals surface area contributed by atoms with Crippen molar-refractivity contribution >= 4 is 75.1 Å². The van der Waals surface area contributed by atoms with Gasteiger partial charge in [-0.2, -0.15) is 9.97 Å². The SMILES string of the molecule is [2H]c1c([2H])c([2H])c(-c2nc(-c3ccccc3)nc(-n3c4ccccc4c4ccc5c6ccccc6n(-c6cccc7sc8ccccc8c67)c5c43)n2)c([2H])c1[2H]. The molecular formula is C45H27N5S. The lowest BCUT2D eigenvalue weighted by Crippen LogP contribution is -2.07. The van der Waals surface area contributed by atoms with Crippen LogP contribution in [0.4, 0.5) is 0 Å². The van der Waals surface area contributed by atoms with Gasteiger partial charge in [0.25, 0.3) is 0 Å². The van der Waals surface area contributed by atoms with E-state index < -0.39 is 18.1 Å². The molecule has 0 bridgehead atoms. The van der Waals surface area contributed by atoms with E-state index in [9.17, 15) is 0 Å². The Labute approximate surface area is 303 Å². The van der Waals surface area contributed by atoms with Crippen LogP contribution >= 0.6 is 11.3 Å². The Morgan fingerprint density at radius 1 is 0.451 bits per heavy atom. The van der Waals surface area contributed by atoms with Crippen LogP contribution in [0.3, 0.4) is 0 Å². The Balaban J connectivity index is 1.33. The number of aromatic nitrogens is 5. The molecule has 0 saturated carbocycles. The molecule has 5 nitrogen and oxygen atoms in total. The van der Waals surface area contributed by atoms with Crippen molar-refractivity contribution in [1.29, 1.82) is 0 Å². The van der Waals surface area contributed by atoms with Crippen LogP contribution in [0.25, 0.3) is 98.2 Å². The summed E-state index contributed by atoms with van der Waals surface area (Å²) in [7, 11) is 0. The summed E-state index contributed by atoms with van der Waals surface area (Å²) < 4.78 is 49.8. The van der Waals surface area contributed by atoms with Gasteiger partial charge in [0, 0.05) is 52.8 Å². The van der Waals surface area contributed by atoms with E-state index in [0.717, 1.165) is 49.3 Å². The topological polar surface area (TPSA) is 48.5 Å². The van der Waals surface area contributed by atoms with E-state index in [2.05, 4.69) is 89.5 Å². The van der Waals surface area contributed by atoms with E-state index in [1.54, 1.807) is 11.3 Å². The highest BCUT2D eigenvalue weighted by atomic mass is 32.1. The maximum absolute atomic E-state index is 8.88. The number of rotatable bonds is 4. The van der Waals surface area contributed by atoms with Crippen molar-refractivity contribution in [2.45, 2.75) is 0 Å². The summed E-state index contributed by atoms with van der Waals surface area (Å²) in [6, 6.07) is 43.3. The molecule has 51 heavy (non-hydrogen) atoms. The average molecular weight is 675 g/mol. The highest BCUT2D eigenvalue weighted by Gasteiger charge is 2.24. The third-order valence-corrected chi connectivity index (χ3v) is 10.8. The monoisotopic (exact) mass is 674 g/mol. The largest absolute Gasteiger partial charge is 0.306 e. The predicted octanol–water partition coefficient (Wildman–Crippen LogP) is 11.8. The van der Waals surface area contributed by atoms with Crippen molar-refractivity contribution < 1.29 is 6.85 Å². The van der Waals surface area contributed by atoms with Crippen LogP contribution in [0, 0.1) is 0 Å². The molecule has 11 rings (SSSR count). The van der Waals surface area contributed by atoms with Crippen molar-refractivity contribution in [1.82, 2.24) is 24.1 Å². The third-order valence-electron chi connectivity index (χ3n) is 9.67. The van der Waals surface area contributed by atoms with Crippen molar-refractivity contribution in [3.8, 4) is 34.4 Å². The highest BCUT2D eigenvalue weighted by molar-refractivity contribution is 7.25. The zero-order chi connectivity index (χ0) is 37.8. The summed E-state index contributed by atoms with van der Waals surface area (Å²) in [5.74, 6) is 0.556. The molecule has 0 spiro atoms. The van der Waals surface area contributed by atoms with Gasteiger partial charge < -0.3 is 4.57 Å². The third kappa shape index (κ3) is 4.17. The molecule has 0 fully saturated rings. The van der Waals surface area contributed by atoms with E-state index in [4.69, 9.17) is 21.8 Å². The van der Waals surface area contributed by atoms with E-state index in [1.165, 1.54) is 20.2 Å². The van der Waals surface area contributed by atoms with E-state index in [1.807, 2.05) is 53.1 Å². The lowest BCUT2D eigenvalue weighted by molar-refractivity contribution is 0.953. The molecule has 0 radical (unpaired) electrons. The number of nitrogens with zero attached hydrogens (tertiary/aromatic N) is 5. The molecule has 11 aromatic rings. The first-order chi connectivity index (χ1) is 27.4. The molecule has 4 aromatic heterocycles. The van der Waals surface area contributed by atoms with Gasteiger partial charge in [0.2, 0.25) is 5.95 Å². The van der Waals surface area contributed by atoms with Gasteiger partial charge in [0.1, 0.15) is 0 Å². The quantitative estimate of drug-likeness (QED) is 0.187. The molecule has 7 aromatic carbocycles. The van der Waals surface area contributed by atoms with Crippen LogP contribution < -0.4 is 0 Å². The maximum Gasteiger partial charge on any atom is 0.238 e. The van der Waals surface area contributed by atoms with Crippen molar-refractivity contribution in [2.24, 2.45) is 0 Å². The van der Waals surface area contributed by atoms with E-state index in [-0.39, 0.29) is 29.4 Å². The Morgan fingerprint density at radius 2 is 1.04 bits per heavy atom. The van der Waals surface area contributed by atoms with Gasteiger partial charge in [-0.3, -0.25) is 4.57 Å². The van der Waals surface area contributed by atoms with Crippen LogP contribution in [0.15, 0.2) is 164 Å². The van der Waals surface area contributed by atoms with E-state index >= 15 is 0 Å². The first-order valence-corrected chi connectivity index (χ1v) is 17.5. The minimum Gasteiger partial charge on any atom is -0.306 e. The Hall–Kier alpha value is -6.63. The highest BCUT2D eigenvalue weighted by Crippen LogP contribution is 2.44. The minimum absolute atomic E-state index is 0.0148. The zero-order valence-corrected chi connectivity index (χ0v) is 27.7. The molecule has 0 atom stereocenters. The second kappa shape index (κ2) is 10.9. The molecule has 0 aliphatic carbocycles. The summed E-state index contributed by atoms with van der Waals surface area (Å²) in [5.41, 5.74) is 5.39. The van der Waals surface area contributed by atoms with Crippen LogP contribution in [-0.2, 0) is 0 Å². The molecule has 6 heteroatoms. The zero-order valence-electron chi connectivity index (χ0n) is 31.8. The van der Waals surface area contributed by atoms with Crippen molar-refractivity contribution in [3.63, 3.8) is 0 Å². The normalized spacial score (nSPS) is 13.3. The Bertz CT molecular complexity index is 3410. The number of hydrogen-bond donors (Lipinski definition) is 0. The lowest BCUT2D eigenvalue weighted by atomic mass is 10.1. The minimum atomic E-state index is -0.479. The standard InChI is InChI=1S/C45H27N5S/c1-3-14-28(15-4-1)43-46-44(29-16-5-2-6-17-29)48-45(47-43)50-36-22-11-8-19-31(36)33-27-26-32-30-18-7-10-21-35(30)49(41(32)42(33)50)37-23-13-25-39-40(37)34-20-9-12-24-38(34)51-39/h1-27H/i1D,3D,4D,14D,15D. The number of thiophene rings is 1. The fourth-order valence-electron chi connectivity index (χ4n) is 7.56. The van der Waals surface area contributed by atoms with Crippen LogP contribution in [0.1, 0.15) is 6.85 Å². The smallest absolute Gasteiger partial charge is 0.238 e. The summed E-state index contributed by atoms with van der Waals surface area (Å²) >= 11 is 1.78. The average Bonchev–Trinajstić information content (AvgIpc) is 3.90. The number of para-hydroxylation sites is 2. The van der Waals surface area contributed by atoms with Gasteiger partial charge in [-0.1, -0.05) is 133 Å². The number of benzene rings is 7. The molecule has 4 heterocycles. The fourth-order valence-corrected chi connectivity index (χ4v) is 8.68. The van der Waals surface area contributed by atoms with Gasteiger partial charge >= 0.3 is 0 Å². The van der Waals surface area contributed by atoms with Crippen LogP contribution in [-0.4, -0.2) is 24.1 Å². The fraction of sp³-hybridized carbons (Fsp3) is 0. The first-order valence-electron chi connectivity index (χ1n) is 19.1. The molecule has 238 valence electrons. The number of hydrogen-bond acceptors (Lipinski definition) is 4.